The molecule has 0 radical (unpaired) electrons. The van der Waals surface area contributed by atoms with Crippen LogP contribution < -0.4 is 4.74 Å². The van der Waals surface area contributed by atoms with E-state index in [2.05, 4.69) is 15.2 Å². The molecule has 1 aliphatic rings. The van der Waals surface area contributed by atoms with Gasteiger partial charge in [-0.3, -0.25) is 4.79 Å². The van der Waals surface area contributed by atoms with Crippen LogP contribution in [0.5, 0.6) is 5.88 Å². The molecule has 0 bridgehead atoms. The number of aromatic nitrogens is 4. The van der Waals surface area contributed by atoms with Crippen LogP contribution in [0.1, 0.15) is 41.3 Å². The molecule has 3 heterocycles. The molecule has 7 nitrogen and oxygen atoms in total. The van der Waals surface area contributed by atoms with E-state index in [-0.39, 0.29) is 30.0 Å². The maximum atomic E-state index is 14.5. The van der Waals surface area contributed by atoms with Gasteiger partial charge in [-0.05, 0) is 49.4 Å². The Bertz CT molecular complexity index is 1150. The SMILES string of the molecule is Cc1cc(-n2nccn2)c(C(=O)N2CCCC(C)C2COc2ccc(C(F)(F)F)cn2)cc1F. The lowest BCUT2D eigenvalue weighted by atomic mass is 9.90. The fourth-order valence-electron chi connectivity index (χ4n) is 4.06. The molecular weight excluding hydrogens is 454 g/mol. The van der Waals surface area contributed by atoms with E-state index in [1.54, 1.807) is 11.8 Å². The van der Waals surface area contributed by atoms with Gasteiger partial charge in [0.15, 0.2) is 0 Å². The summed E-state index contributed by atoms with van der Waals surface area (Å²) < 4.78 is 58.4. The van der Waals surface area contributed by atoms with E-state index >= 15 is 0 Å². The first kappa shape index (κ1) is 23.7. The summed E-state index contributed by atoms with van der Waals surface area (Å²) in [5.41, 5.74) is -0.0461. The van der Waals surface area contributed by atoms with E-state index < -0.39 is 23.5 Å². The summed E-state index contributed by atoms with van der Waals surface area (Å²) in [6.07, 6.45) is 0.741. The van der Waals surface area contributed by atoms with Crippen molar-refractivity contribution in [1.82, 2.24) is 24.9 Å². The molecule has 3 aromatic rings. The van der Waals surface area contributed by atoms with Crippen molar-refractivity contribution < 1.29 is 27.1 Å². The van der Waals surface area contributed by atoms with Crippen LogP contribution in [0, 0.1) is 18.7 Å². The number of benzene rings is 1. The second-order valence-electron chi connectivity index (χ2n) is 8.32. The standard InChI is InChI=1S/C23H23F4N5O2/c1-14-4-3-9-31(20(14)13-34-21-6-5-16(12-28-21)23(25,26)27)22(33)17-11-18(24)15(2)10-19(17)32-29-7-8-30-32/h5-8,10-12,14,20H,3-4,9,13H2,1-2H3. The summed E-state index contributed by atoms with van der Waals surface area (Å²) >= 11 is 0. The van der Waals surface area contributed by atoms with Crippen molar-refractivity contribution in [3.8, 4) is 11.6 Å². The number of aryl methyl sites for hydroxylation is 1. The third-order valence-corrected chi connectivity index (χ3v) is 5.98. The molecule has 2 atom stereocenters. The van der Waals surface area contributed by atoms with Gasteiger partial charge in [0, 0.05) is 18.8 Å². The van der Waals surface area contributed by atoms with Gasteiger partial charge < -0.3 is 9.64 Å². The number of pyridine rings is 1. The minimum atomic E-state index is -4.49. The third-order valence-electron chi connectivity index (χ3n) is 5.98. The lowest BCUT2D eigenvalue weighted by Crippen LogP contribution is -2.51. The highest BCUT2D eigenvalue weighted by molar-refractivity contribution is 5.98. The third kappa shape index (κ3) is 4.87. The van der Waals surface area contributed by atoms with Crippen LogP contribution in [0.3, 0.4) is 0 Å². The maximum Gasteiger partial charge on any atom is 0.417 e. The zero-order chi connectivity index (χ0) is 24.5. The van der Waals surface area contributed by atoms with Gasteiger partial charge in [0.1, 0.15) is 12.4 Å². The normalized spacial score (nSPS) is 18.7. The van der Waals surface area contributed by atoms with Crippen molar-refractivity contribution in [3.05, 3.63) is 65.4 Å². The second kappa shape index (κ2) is 9.40. The van der Waals surface area contributed by atoms with E-state index in [1.165, 1.54) is 29.3 Å². The van der Waals surface area contributed by atoms with Gasteiger partial charge in [0.05, 0.1) is 35.2 Å². The second-order valence-corrected chi connectivity index (χ2v) is 8.32. The molecule has 1 fully saturated rings. The lowest BCUT2D eigenvalue weighted by molar-refractivity contribution is -0.137. The van der Waals surface area contributed by atoms with Crippen LogP contribution in [0.15, 0.2) is 42.9 Å². The van der Waals surface area contributed by atoms with Crippen LogP contribution in [-0.2, 0) is 6.18 Å². The van der Waals surface area contributed by atoms with Crippen LogP contribution in [0.25, 0.3) is 5.69 Å². The fourth-order valence-corrected chi connectivity index (χ4v) is 4.06. The Balaban J connectivity index is 1.58. The summed E-state index contributed by atoms with van der Waals surface area (Å²) in [4.78, 5) is 20.2. The first-order valence-corrected chi connectivity index (χ1v) is 10.8. The summed E-state index contributed by atoms with van der Waals surface area (Å²) in [6.45, 7) is 4.03. The average Bonchev–Trinajstić information content (AvgIpc) is 3.34. The Hall–Kier alpha value is -3.50. The molecule has 1 aromatic carbocycles. The van der Waals surface area contributed by atoms with Crippen molar-refractivity contribution >= 4 is 5.91 Å². The Morgan fingerprint density at radius 3 is 2.59 bits per heavy atom. The number of carbonyl (C=O) groups excluding carboxylic acids is 1. The zero-order valence-electron chi connectivity index (χ0n) is 18.6. The van der Waals surface area contributed by atoms with Crippen molar-refractivity contribution in [2.24, 2.45) is 5.92 Å². The first-order chi connectivity index (χ1) is 16.1. The minimum absolute atomic E-state index is 0.0287. The topological polar surface area (TPSA) is 73.1 Å². The van der Waals surface area contributed by atoms with Gasteiger partial charge >= 0.3 is 6.18 Å². The number of rotatable bonds is 5. The maximum absolute atomic E-state index is 14.5. The molecule has 4 rings (SSSR count). The lowest BCUT2D eigenvalue weighted by Gasteiger charge is -2.40. The summed E-state index contributed by atoms with van der Waals surface area (Å²) in [7, 11) is 0. The summed E-state index contributed by atoms with van der Waals surface area (Å²) in [6, 6.07) is 4.37. The molecule has 0 aliphatic carbocycles. The molecule has 0 N–H and O–H groups in total. The zero-order valence-corrected chi connectivity index (χ0v) is 18.6. The van der Waals surface area contributed by atoms with E-state index in [4.69, 9.17) is 4.74 Å². The van der Waals surface area contributed by atoms with Gasteiger partial charge in [0.25, 0.3) is 5.91 Å². The molecule has 0 spiro atoms. The first-order valence-electron chi connectivity index (χ1n) is 10.8. The number of alkyl halides is 3. The molecular formula is C23H23F4N5O2. The molecule has 1 amide bonds. The largest absolute Gasteiger partial charge is 0.475 e. The number of nitrogens with zero attached hydrogens (tertiary/aromatic N) is 5. The number of ether oxygens (including phenoxy) is 1. The van der Waals surface area contributed by atoms with Crippen LogP contribution in [0.4, 0.5) is 17.6 Å². The number of piperidine rings is 1. The molecule has 2 unspecified atom stereocenters. The fraction of sp³-hybridized carbons (Fsp3) is 0.391. The number of hydrogen-bond donors (Lipinski definition) is 0. The molecule has 1 aliphatic heterocycles. The quantitative estimate of drug-likeness (QED) is 0.508. The highest BCUT2D eigenvalue weighted by Gasteiger charge is 2.35. The molecule has 180 valence electrons. The van der Waals surface area contributed by atoms with Crippen molar-refractivity contribution in [1.29, 1.82) is 0 Å². The number of halogens is 4. The van der Waals surface area contributed by atoms with E-state index in [0.29, 0.717) is 24.0 Å². The van der Waals surface area contributed by atoms with Gasteiger partial charge in [-0.2, -0.15) is 28.2 Å². The highest BCUT2D eigenvalue weighted by atomic mass is 19.4. The number of likely N-dealkylation sites (tertiary alicyclic amines) is 1. The van der Waals surface area contributed by atoms with Gasteiger partial charge in [-0.1, -0.05) is 6.92 Å². The number of carbonyl (C=O) groups is 1. The van der Waals surface area contributed by atoms with Crippen LogP contribution in [0.2, 0.25) is 0 Å². The summed E-state index contributed by atoms with van der Waals surface area (Å²) in [5, 5.41) is 8.16. The Labute approximate surface area is 193 Å². The Kier molecular flexibility index (Phi) is 6.54. The molecule has 2 aromatic heterocycles. The average molecular weight is 477 g/mol. The van der Waals surface area contributed by atoms with Gasteiger partial charge in [-0.15, -0.1) is 0 Å². The Morgan fingerprint density at radius 1 is 1.21 bits per heavy atom. The van der Waals surface area contributed by atoms with Crippen molar-refractivity contribution in [2.75, 3.05) is 13.2 Å². The summed E-state index contributed by atoms with van der Waals surface area (Å²) in [5.74, 6) is -0.840. The molecule has 1 saturated heterocycles. The molecule has 11 heteroatoms. The Morgan fingerprint density at radius 2 is 1.94 bits per heavy atom. The molecule has 0 saturated carbocycles. The minimum Gasteiger partial charge on any atom is -0.475 e. The van der Waals surface area contributed by atoms with E-state index in [9.17, 15) is 22.4 Å². The van der Waals surface area contributed by atoms with Crippen molar-refractivity contribution in [2.45, 2.75) is 38.9 Å². The van der Waals surface area contributed by atoms with E-state index in [0.717, 1.165) is 25.0 Å². The molecule has 34 heavy (non-hydrogen) atoms. The van der Waals surface area contributed by atoms with Crippen molar-refractivity contribution in [3.63, 3.8) is 0 Å². The predicted octanol–water partition coefficient (Wildman–Crippen LogP) is 4.45. The highest BCUT2D eigenvalue weighted by Crippen LogP contribution is 2.30. The smallest absolute Gasteiger partial charge is 0.417 e. The van der Waals surface area contributed by atoms with Crippen LogP contribution in [-0.4, -0.2) is 50.0 Å². The predicted molar refractivity (Wildman–Crippen MR) is 114 cm³/mol. The van der Waals surface area contributed by atoms with Crippen LogP contribution >= 0.6 is 0 Å². The van der Waals surface area contributed by atoms with Gasteiger partial charge in [0.2, 0.25) is 5.88 Å². The van der Waals surface area contributed by atoms with Gasteiger partial charge in [-0.25, -0.2) is 9.37 Å². The van der Waals surface area contributed by atoms with E-state index in [1.807, 2.05) is 6.92 Å². The number of amides is 1. The monoisotopic (exact) mass is 477 g/mol. The number of hydrogen-bond acceptors (Lipinski definition) is 5.